The molecule has 7 nitrogen and oxygen atoms in total. The summed E-state index contributed by atoms with van der Waals surface area (Å²) in [6, 6.07) is 0. The van der Waals surface area contributed by atoms with Crippen LogP contribution in [0.15, 0.2) is 0 Å². The summed E-state index contributed by atoms with van der Waals surface area (Å²) < 4.78 is 36.6. The minimum Gasteiger partial charge on any atom is -0.475 e. The van der Waals surface area contributed by atoms with Crippen LogP contribution in [0.1, 0.15) is 19.8 Å². The maximum atomic E-state index is 10.7. The van der Waals surface area contributed by atoms with Crippen molar-refractivity contribution < 1.29 is 42.5 Å². The zero-order valence-electron chi connectivity index (χ0n) is 11.2. The van der Waals surface area contributed by atoms with Crippen molar-refractivity contribution in [1.82, 2.24) is 4.90 Å². The van der Waals surface area contributed by atoms with E-state index in [1.165, 1.54) is 11.8 Å². The van der Waals surface area contributed by atoms with Gasteiger partial charge in [-0.2, -0.15) is 13.2 Å². The lowest BCUT2D eigenvalue weighted by Gasteiger charge is -2.30. The third kappa shape index (κ3) is 8.71. The van der Waals surface area contributed by atoms with Crippen LogP contribution < -0.4 is 0 Å². The van der Waals surface area contributed by atoms with Gasteiger partial charge in [0.15, 0.2) is 0 Å². The maximum Gasteiger partial charge on any atom is 0.490 e. The maximum absolute atomic E-state index is 10.7. The van der Waals surface area contributed by atoms with Gasteiger partial charge in [0.1, 0.15) is 0 Å². The first-order chi connectivity index (χ1) is 9.54. The average molecular weight is 315 g/mol. The Morgan fingerprint density at radius 1 is 1.29 bits per heavy atom. The quantitative estimate of drug-likeness (QED) is 0.750. The number of hydrogen-bond acceptors (Lipinski definition) is 4. The smallest absolute Gasteiger partial charge is 0.475 e. The zero-order chi connectivity index (χ0) is 16.6. The molecule has 0 aromatic carbocycles. The standard InChI is InChI=1S/C9H15NO4.C2HF3O2/c1-7(11)14-6-8-3-2-4-10(5-8)9(12)13;3-2(4,5)1(6)7/h8H,2-6H2,1H3,(H,12,13);(H,6,7)/t8-;/m1./s1. The summed E-state index contributed by atoms with van der Waals surface area (Å²) >= 11 is 0. The molecule has 1 aliphatic rings. The number of piperidine rings is 1. The Morgan fingerprint density at radius 3 is 2.19 bits per heavy atom. The molecule has 1 rings (SSSR count). The first-order valence-electron chi connectivity index (χ1n) is 5.95. The van der Waals surface area contributed by atoms with Gasteiger partial charge in [-0.1, -0.05) is 0 Å². The molecule has 0 radical (unpaired) electrons. The number of hydrogen-bond donors (Lipinski definition) is 2. The molecular weight excluding hydrogens is 299 g/mol. The number of aliphatic carboxylic acids is 1. The first kappa shape index (κ1) is 19.0. The predicted octanol–water partition coefficient (Wildman–Crippen LogP) is 1.57. The molecule has 0 unspecified atom stereocenters. The molecule has 10 heteroatoms. The summed E-state index contributed by atoms with van der Waals surface area (Å²) in [5.74, 6) is -2.91. The van der Waals surface area contributed by atoms with Crippen LogP contribution in [0.5, 0.6) is 0 Å². The van der Waals surface area contributed by atoms with Crippen LogP contribution in [0.3, 0.4) is 0 Å². The predicted molar refractivity (Wildman–Crippen MR) is 62.6 cm³/mol. The monoisotopic (exact) mass is 315 g/mol. The second-order valence-corrected chi connectivity index (χ2v) is 4.34. The highest BCUT2D eigenvalue weighted by molar-refractivity contribution is 5.73. The van der Waals surface area contributed by atoms with Crippen molar-refractivity contribution in [1.29, 1.82) is 0 Å². The number of carbonyl (C=O) groups excluding carboxylic acids is 1. The summed E-state index contributed by atoms with van der Waals surface area (Å²) in [6.45, 7) is 2.76. The number of esters is 1. The molecule has 0 aromatic heterocycles. The topological polar surface area (TPSA) is 104 Å². The van der Waals surface area contributed by atoms with E-state index in [1.807, 2.05) is 0 Å². The minimum atomic E-state index is -5.08. The number of ether oxygens (including phenoxy) is 1. The molecular formula is C11H16F3NO6. The SMILES string of the molecule is CC(=O)OC[C@@H]1CCCN(C(=O)O)C1.O=C(O)C(F)(F)F. The molecule has 1 atom stereocenters. The van der Waals surface area contributed by atoms with E-state index in [4.69, 9.17) is 19.7 Å². The lowest BCUT2D eigenvalue weighted by Crippen LogP contribution is -2.40. The lowest BCUT2D eigenvalue weighted by molar-refractivity contribution is -0.192. The van der Waals surface area contributed by atoms with Gasteiger partial charge >= 0.3 is 24.2 Å². The van der Waals surface area contributed by atoms with E-state index in [1.54, 1.807) is 0 Å². The largest absolute Gasteiger partial charge is 0.490 e. The van der Waals surface area contributed by atoms with Crippen LogP contribution in [-0.2, 0) is 14.3 Å². The molecule has 0 spiro atoms. The van der Waals surface area contributed by atoms with Gasteiger partial charge in [0.05, 0.1) is 6.61 Å². The Bertz CT molecular complexity index is 385. The van der Waals surface area contributed by atoms with Crippen molar-refractivity contribution in [3.63, 3.8) is 0 Å². The molecule has 0 bridgehead atoms. The van der Waals surface area contributed by atoms with Crippen molar-refractivity contribution in [2.75, 3.05) is 19.7 Å². The normalized spacial score (nSPS) is 18.3. The van der Waals surface area contributed by atoms with Crippen molar-refractivity contribution in [3.05, 3.63) is 0 Å². The number of halogens is 3. The number of carboxylic acid groups (broad SMARTS) is 2. The van der Waals surface area contributed by atoms with E-state index in [-0.39, 0.29) is 11.9 Å². The van der Waals surface area contributed by atoms with E-state index >= 15 is 0 Å². The summed E-state index contributed by atoms with van der Waals surface area (Å²) in [7, 11) is 0. The summed E-state index contributed by atoms with van der Waals surface area (Å²) in [6.07, 6.45) is -4.20. The van der Waals surface area contributed by atoms with Gasteiger partial charge in [0.2, 0.25) is 0 Å². The van der Waals surface area contributed by atoms with E-state index in [2.05, 4.69) is 0 Å². The third-order valence-electron chi connectivity index (χ3n) is 2.55. The van der Waals surface area contributed by atoms with Gasteiger partial charge in [-0.25, -0.2) is 9.59 Å². The average Bonchev–Trinajstić information content (AvgIpc) is 2.36. The molecule has 0 saturated carbocycles. The van der Waals surface area contributed by atoms with Crippen LogP contribution in [-0.4, -0.2) is 59.0 Å². The van der Waals surface area contributed by atoms with Gasteiger partial charge in [-0.15, -0.1) is 0 Å². The summed E-state index contributed by atoms with van der Waals surface area (Å²) in [4.78, 5) is 31.5. The molecule has 1 heterocycles. The Labute approximate surface area is 118 Å². The molecule has 21 heavy (non-hydrogen) atoms. The van der Waals surface area contributed by atoms with Crippen LogP contribution >= 0.6 is 0 Å². The van der Waals surface area contributed by atoms with Crippen molar-refractivity contribution >= 4 is 18.0 Å². The van der Waals surface area contributed by atoms with E-state index < -0.39 is 18.2 Å². The molecule has 0 aromatic rings. The highest BCUT2D eigenvalue weighted by atomic mass is 19.4. The summed E-state index contributed by atoms with van der Waals surface area (Å²) in [5.41, 5.74) is 0. The Morgan fingerprint density at radius 2 is 1.81 bits per heavy atom. The minimum absolute atomic E-state index is 0.156. The number of carboxylic acids is 1. The Kier molecular flexibility index (Phi) is 7.53. The molecule has 1 fully saturated rings. The third-order valence-corrected chi connectivity index (χ3v) is 2.55. The molecule has 1 amide bonds. The van der Waals surface area contributed by atoms with E-state index in [9.17, 15) is 22.8 Å². The van der Waals surface area contributed by atoms with Crippen LogP contribution in [0.25, 0.3) is 0 Å². The number of nitrogens with zero attached hydrogens (tertiary/aromatic N) is 1. The molecule has 1 saturated heterocycles. The molecule has 122 valence electrons. The van der Waals surface area contributed by atoms with Gasteiger partial charge in [0, 0.05) is 25.9 Å². The number of likely N-dealkylation sites (tertiary alicyclic amines) is 1. The van der Waals surface area contributed by atoms with E-state index in [0.29, 0.717) is 19.7 Å². The fourth-order valence-electron chi connectivity index (χ4n) is 1.61. The number of alkyl halides is 3. The van der Waals surface area contributed by atoms with E-state index in [0.717, 1.165) is 12.8 Å². The van der Waals surface area contributed by atoms with Crippen LogP contribution in [0.4, 0.5) is 18.0 Å². The van der Waals surface area contributed by atoms with Gasteiger partial charge in [-0.05, 0) is 12.8 Å². The number of rotatable bonds is 2. The van der Waals surface area contributed by atoms with Crippen molar-refractivity contribution in [2.45, 2.75) is 25.9 Å². The highest BCUT2D eigenvalue weighted by Crippen LogP contribution is 2.16. The lowest BCUT2D eigenvalue weighted by atomic mass is 9.99. The highest BCUT2D eigenvalue weighted by Gasteiger charge is 2.38. The van der Waals surface area contributed by atoms with Gasteiger partial charge in [-0.3, -0.25) is 4.79 Å². The Hall–Kier alpha value is -2.00. The molecule has 2 N–H and O–H groups in total. The fourth-order valence-corrected chi connectivity index (χ4v) is 1.61. The molecule has 0 aliphatic carbocycles. The second-order valence-electron chi connectivity index (χ2n) is 4.34. The summed E-state index contributed by atoms with van der Waals surface area (Å²) in [5, 5.41) is 15.9. The zero-order valence-corrected chi connectivity index (χ0v) is 11.2. The van der Waals surface area contributed by atoms with Crippen molar-refractivity contribution in [2.24, 2.45) is 5.92 Å². The van der Waals surface area contributed by atoms with Gasteiger partial charge < -0.3 is 19.8 Å². The van der Waals surface area contributed by atoms with Crippen molar-refractivity contribution in [3.8, 4) is 0 Å². The number of carbonyl (C=O) groups is 3. The molecule has 1 aliphatic heterocycles. The first-order valence-corrected chi connectivity index (χ1v) is 5.95. The van der Waals surface area contributed by atoms with Crippen LogP contribution in [0.2, 0.25) is 0 Å². The van der Waals surface area contributed by atoms with Gasteiger partial charge in [0.25, 0.3) is 0 Å². The fraction of sp³-hybridized carbons (Fsp3) is 0.727. The number of amides is 1. The Balaban J connectivity index is 0.000000486. The second kappa shape index (κ2) is 8.32. The van der Waals surface area contributed by atoms with Crippen LogP contribution in [0, 0.1) is 5.92 Å².